The Bertz CT molecular complexity index is 880. The topological polar surface area (TPSA) is 81.4 Å². The first-order chi connectivity index (χ1) is 12.2. The van der Waals surface area contributed by atoms with E-state index < -0.39 is 0 Å². The number of nitrogens with zero attached hydrogens (tertiary/aromatic N) is 4. The van der Waals surface area contributed by atoms with Gasteiger partial charge in [0, 0.05) is 29.0 Å². The number of rotatable bonds is 7. The van der Waals surface area contributed by atoms with Crippen molar-refractivity contribution in [2.75, 3.05) is 18.2 Å². The van der Waals surface area contributed by atoms with Crippen LogP contribution < -0.4 is 5.32 Å². The fourth-order valence-electron chi connectivity index (χ4n) is 2.35. The smallest absolute Gasteiger partial charge is 0.306 e. The van der Waals surface area contributed by atoms with E-state index in [9.17, 15) is 4.79 Å². The highest BCUT2D eigenvalue weighted by Gasteiger charge is 2.06. The molecule has 2 aromatic heterocycles. The molecule has 0 aliphatic heterocycles. The van der Waals surface area contributed by atoms with E-state index in [0.29, 0.717) is 12.2 Å². The van der Waals surface area contributed by atoms with Crippen molar-refractivity contribution < 1.29 is 9.53 Å². The molecular formula is C17H19N5O2S. The minimum Gasteiger partial charge on any atom is -0.469 e. The molecule has 8 heteroatoms. The van der Waals surface area contributed by atoms with Gasteiger partial charge in [-0.1, -0.05) is 12.1 Å². The summed E-state index contributed by atoms with van der Waals surface area (Å²) in [5.74, 6) is 2.79. The zero-order valence-electron chi connectivity index (χ0n) is 14.1. The lowest BCUT2D eigenvalue weighted by atomic mass is 10.2. The van der Waals surface area contributed by atoms with Crippen molar-refractivity contribution in [2.24, 2.45) is 0 Å². The molecule has 3 rings (SSSR count). The molecule has 0 fully saturated rings. The fraction of sp³-hybridized carbons (Fsp3) is 0.294. The van der Waals surface area contributed by atoms with E-state index in [2.05, 4.69) is 37.3 Å². The molecule has 0 saturated heterocycles. The third-order valence-corrected chi connectivity index (χ3v) is 4.56. The minimum atomic E-state index is -0.173. The van der Waals surface area contributed by atoms with E-state index in [-0.39, 0.29) is 5.97 Å². The highest BCUT2D eigenvalue weighted by Crippen LogP contribution is 2.21. The third-order valence-electron chi connectivity index (χ3n) is 3.53. The Morgan fingerprint density at radius 1 is 1.36 bits per heavy atom. The quantitative estimate of drug-likeness (QED) is 0.514. The summed E-state index contributed by atoms with van der Waals surface area (Å²) in [6.07, 6.45) is 1.92. The molecule has 130 valence electrons. The van der Waals surface area contributed by atoms with Crippen molar-refractivity contribution in [3.63, 3.8) is 0 Å². The van der Waals surface area contributed by atoms with E-state index in [4.69, 9.17) is 0 Å². The molecule has 0 amide bonds. The zero-order valence-corrected chi connectivity index (χ0v) is 14.9. The number of hydrogen-bond acceptors (Lipinski definition) is 7. The number of hydrogen-bond donors (Lipinski definition) is 1. The summed E-state index contributed by atoms with van der Waals surface area (Å²) in [5.41, 5.74) is 3.02. The molecule has 0 aliphatic rings. The Labute approximate surface area is 149 Å². The van der Waals surface area contributed by atoms with Crippen LogP contribution in [-0.4, -0.2) is 38.4 Å². The van der Waals surface area contributed by atoms with Crippen LogP contribution in [0, 0.1) is 6.92 Å². The number of carbonyl (C=O) groups is 1. The summed E-state index contributed by atoms with van der Waals surface area (Å²) >= 11 is 1.71. The first kappa shape index (κ1) is 17.2. The lowest BCUT2D eigenvalue weighted by Gasteiger charge is -2.10. The van der Waals surface area contributed by atoms with E-state index in [1.165, 1.54) is 19.0 Å². The highest BCUT2D eigenvalue weighted by atomic mass is 32.2. The van der Waals surface area contributed by atoms with Gasteiger partial charge in [0.25, 0.3) is 5.78 Å². The summed E-state index contributed by atoms with van der Waals surface area (Å²) in [7, 11) is 1.41. The summed E-state index contributed by atoms with van der Waals surface area (Å²) in [6, 6.07) is 10.1. The Morgan fingerprint density at radius 2 is 2.24 bits per heavy atom. The second-order valence-corrected chi connectivity index (χ2v) is 6.56. The Hall–Kier alpha value is -2.61. The number of aryl methyl sites for hydroxylation is 1. The van der Waals surface area contributed by atoms with Gasteiger partial charge in [-0.05, 0) is 24.6 Å². The number of fused-ring (bicyclic) bond motifs is 1. The molecule has 7 nitrogen and oxygen atoms in total. The second-order valence-electron chi connectivity index (χ2n) is 5.46. The van der Waals surface area contributed by atoms with E-state index >= 15 is 0 Å². The van der Waals surface area contributed by atoms with Crippen LogP contribution in [0.5, 0.6) is 0 Å². The first-order valence-electron chi connectivity index (χ1n) is 7.83. The number of esters is 1. The Kier molecular flexibility index (Phi) is 5.49. The molecule has 0 aliphatic carbocycles. The predicted octanol–water partition coefficient (Wildman–Crippen LogP) is 2.97. The van der Waals surface area contributed by atoms with Crippen LogP contribution in [-0.2, 0) is 15.3 Å². The number of aromatic nitrogens is 4. The molecular weight excluding hydrogens is 338 g/mol. The van der Waals surface area contributed by atoms with E-state index in [1.807, 2.05) is 25.1 Å². The molecule has 0 radical (unpaired) electrons. The van der Waals surface area contributed by atoms with Crippen molar-refractivity contribution in [1.82, 2.24) is 19.6 Å². The van der Waals surface area contributed by atoms with Crippen LogP contribution in [0.25, 0.3) is 5.78 Å². The maximum absolute atomic E-state index is 11.1. The highest BCUT2D eigenvalue weighted by molar-refractivity contribution is 7.98. The molecule has 1 N–H and O–H groups in total. The second kappa shape index (κ2) is 7.98. The summed E-state index contributed by atoms with van der Waals surface area (Å²) in [6.45, 7) is 1.92. The Morgan fingerprint density at radius 3 is 3.08 bits per heavy atom. The van der Waals surface area contributed by atoms with Gasteiger partial charge in [-0.25, -0.2) is 4.98 Å². The average Bonchev–Trinajstić information content (AvgIpc) is 3.07. The average molecular weight is 357 g/mol. The van der Waals surface area contributed by atoms with E-state index in [0.717, 1.165) is 28.7 Å². The van der Waals surface area contributed by atoms with Crippen LogP contribution in [0.2, 0.25) is 0 Å². The van der Waals surface area contributed by atoms with Gasteiger partial charge in [-0.15, -0.1) is 0 Å². The largest absolute Gasteiger partial charge is 0.469 e. The van der Waals surface area contributed by atoms with Gasteiger partial charge in [0.05, 0.1) is 13.5 Å². The molecule has 0 unspecified atom stereocenters. The van der Waals surface area contributed by atoms with Crippen LogP contribution in [0.4, 0.5) is 11.5 Å². The number of ether oxygens (including phenoxy) is 1. The molecule has 0 bridgehead atoms. The normalized spacial score (nSPS) is 10.8. The molecule has 1 aromatic carbocycles. The van der Waals surface area contributed by atoms with Gasteiger partial charge in [0.15, 0.2) is 0 Å². The standard InChI is InChI=1S/C17H19N5O2S/c1-12-8-15(22-17(20-12)18-11-19-22)21-14-5-3-4-13(9-14)10-25-7-6-16(23)24-2/h3-5,8-9,11,21H,6-7,10H2,1-2H3. The van der Waals surface area contributed by atoms with Crippen LogP contribution in [0.15, 0.2) is 36.7 Å². The number of carbonyl (C=O) groups excluding carboxylic acids is 1. The van der Waals surface area contributed by atoms with Gasteiger partial charge < -0.3 is 10.1 Å². The zero-order chi connectivity index (χ0) is 17.6. The number of thioether (sulfide) groups is 1. The minimum absolute atomic E-state index is 0.173. The van der Waals surface area contributed by atoms with Gasteiger partial charge in [0.1, 0.15) is 12.1 Å². The van der Waals surface area contributed by atoms with E-state index in [1.54, 1.807) is 16.3 Å². The fourth-order valence-corrected chi connectivity index (χ4v) is 3.22. The summed E-state index contributed by atoms with van der Waals surface area (Å²) < 4.78 is 6.32. The first-order valence-corrected chi connectivity index (χ1v) is 8.99. The summed E-state index contributed by atoms with van der Waals surface area (Å²) in [4.78, 5) is 19.6. The number of benzene rings is 1. The SMILES string of the molecule is COC(=O)CCSCc1cccc(Nc2cc(C)nc3ncnn23)c1. The number of methoxy groups -OCH3 is 1. The molecule has 2 heterocycles. The lowest BCUT2D eigenvalue weighted by molar-refractivity contribution is -0.140. The van der Waals surface area contributed by atoms with Crippen molar-refractivity contribution >= 4 is 35.0 Å². The number of anilines is 2. The lowest BCUT2D eigenvalue weighted by Crippen LogP contribution is -2.03. The summed E-state index contributed by atoms with van der Waals surface area (Å²) in [5, 5.41) is 7.57. The van der Waals surface area contributed by atoms with Crippen molar-refractivity contribution in [2.45, 2.75) is 19.1 Å². The molecule has 3 aromatic rings. The maximum Gasteiger partial charge on any atom is 0.306 e. The molecule has 25 heavy (non-hydrogen) atoms. The maximum atomic E-state index is 11.1. The molecule has 0 atom stereocenters. The Balaban J connectivity index is 1.67. The van der Waals surface area contributed by atoms with Gasteiger partial charge in [-0.3, -0.25) is 4.79 Å². The van der Waals surface area contributed by atoms with Crippen LogP contribution in [0.1, 0.15) is 17.7 Å². The van der Waals surface area contributed by atoms with Crippen molar-refractivity contribution in [1.29, 1.82) is 0 Å². The van der Waals surface area contributed by atoms with Crippen molar-refractivity contribution in [3.05, 3.63) is 47.9 Å². The molecule has 0 spiro atoms. The predicted molar refractivity (Wildman–Crippen MR) is 98.0 cm³/mol. The van der Waals surface area contributed by atoms with Crippen molar-refractivity contribution in [3.8, 4) is 0 Å². The third kappa shape index (κ3) is 4.48. The number of nitrogens with one attached hydrogen (secondary N) is 1. The van der Waals surface area contributed by atoms with Crippen LogP contribution >= 0.6 is 11.8 Å². The molecule has 0 saturated carbocycles. The van der Waals surface area contributed by atoms with Gasteiger partial charge >= 0.3 is 5.97 Å². The van der Waals surface area contributed by atoms with Crippen LogP contribution in [0.3, 0.4) is 0 Å². The monoisotopic (exact) mass is 357 g/mol. The van der Waals surface area contributed by atoms with Gasteiger partial charge in [-0.2, -0.15) is 26.4 Å². The van der Waals surface area contributed by atoms with Gasteiger partial charge in [0.2, 0.25) is 0 Å².